The third-order valence-electron chi connectivity index (χ3n) is 1.31. The zero-order valence-electron chi connectivity index (χ0n) is 6.33. The fourth-order valence-corrected chi connectivity index (χ4v) is 0.786. The van der Waals surface area contributed by atoms with E-state index < -0.39 is 0 Å². The van der Waals surface area contributed by atoms with E-state index in [2.05, 4.69) is 48.6 Å². The van der Waals surface area contributed by atoms with Crippen LogP contribution in [0.5, 0.6) is 0 Å². The van der Waals surface area contributed by atoms with Gasteiger partial charge < -0.3 is 0 Å². The van der Waals surface area contributed by atoms with Gasteiger partial charge in [-0.3, -0.25) is 0 Å². The van der Waals surface area contributed by atoms with Crippen LogP contribution in [0.25, 0.3) is 0 Å². The van der Waals surface area contributed by atoms with Gasteiger partial charge in [-0.1, -0.05) is 48.6 Å². The molecule has 0 N–H and O–H groups in total. The molecule has 11 heavy (non-hydrogen) atoms. The summed E-state index contributed by atoms with van der Waals surface area (Å²) in [6, 6.07) is 0. The molecule has 0 amide bonds. The van der Waals surface area contributed by atoms with Crippen molar-refractivity contribution in [3.8, 4) is 0 Å². The SMILES string of the molecule is C1=CCC=C1.C1=CCC=C1.[Au]. The predicted molar refractivity (Wildman–Crippen MR) is 45.8 cm³/mol. The van der Waals surface area contributed by atoms with Crippen LogP contribution in [-0.2, 0) is 22.4 Å². The monoisotopic (exact) mass is 329 g/mol. The first-order valence-corrected chi connectivity index (χ1v) is 3.63. The molecule has 0 fully saturated rings. The molecule has 0 aromatic carbocycles. The third kappa shape index (κ3) is 6.11. The standard InChI is InChI=1S/2C5H6.Au/c2*1-2-4-5-3-1;/h2*1-4H,5H2;. The molecule has 0 aliphatic heterocycles. The molecule has 63 valence electrons. The summed E-state index contributed by atoms with van der Waals surface area (Å²) in [4.78, 5) is 0. The molecule has 2 aliphatic carbocycles. The number of allylic oxidation sites excluding steroid dienone is 8. The average Bonchev–Trinajstić information content (AvgIpc) is 2.67. The van der Waals surface area contributed by atoms with E-state index in [1.54, 1.807) is 0 Å². The molecule has 0 aromatic heterocycles. The Morgan fingerprint density at radius 3 is 0.909 bits per heavy atom. The average molecular weight is 329 g/mol. The molecule has 2 rings (SSSR count). The van der Waals surface area contributed by atoms with Crippen molar-refractivity contribution in [2.75, 3.05) is 0 Å². The van der Waals surface area contributed by atoms with Crippen molar-refractivity contribution >= 4 is 0 Å². The summed E-state index contributed by atoms with van der Waals surface area (Å²) in [5.74, 6) is 0. The second kappa shape index (κ2) is 7.80. The van der Waals surface area contributed by atoms with Gasteiger partial charge in [0.25, 0.3) is 0 Å². The molecular weight excluding hydrogens is 317 g/mol. The first-order chi connectivity index (χ1) is 5.00. The van der Waals surface area contributed by atoms with Gasteiger partial charge >= 0.3 is 0 Å². The minimum atomic E-state index is 0. The summed E-state index contributed by atoms with van der Waals surface area (Å²) in [6.07, 6.45) is 19.0. The summed E-state index contributed by atoms with van der Waals surface area (Å²) in [5.41, 5.74) is 0. The van der Waals surface area contributed by atoms with Gasteiger partial charge in [-0.05, 0) is 12.8 Å². The fourth-order valence-electron chi connectivity index (χ4n) is 0.786. The van der Waals surface area contributed by atoms with Gasteiger partial charge in [0.15, 0.2) is 0 Å². The molecule has 0 aromatic rings. The van der Waals surface area contributed by atoms with E-state index in [-0.39, 0.29) is 22.4 Å². The molecule has 1 radical (unpaired) electrons. The van der Waals surface area contributed by atoms with Gasteiger partial charge in [0, 0.05) is 22.4 Å². The Balaban J connectivity index is 0.000000167. The van der Waals surface area contributed by atoms with E-state index in [4.69, 9.17) is 0 Å². The molecule has 0 atom stereocenters. The predicted octanol–water partition coefficient (Wildman–Crippen LogP) is 3.00. The van der Waals surface area contributed by atoms with Gasteiger partial charge in [-0.2, -0.15) is 0 Å². The van der Waals surface area contributed by atoms with E-state index in [0.717, 1.165) is 12.8 Å². The zero-order valence-corrected chi connectivity index (χ0v) is 8.50. The molecule has 0 nitrogen and oxygen atoms in total. The summed E-state index contributed by atoms with van der Waals surface area (Å²) in [7, 11) is 0. The van der Waals surface area contributed by atoms with Gasteiger partial charge in [0.05, 0.1) is 0 Å². The van der Waals surface area contributed by atoms with Crippen LogP contribution in [0, 0.1) is 0 Å². The zero-order chi connectivity index (χ0) is 7.07. The van der Waals surface area contributed by atoms with Crippen molar-refractivity contribution in [3.05, 3.63) is 48.6 Å². The van der Waals surface area contributed by atoms with E-state index in [1.165, 1.54) is 0 Å². The normalized spacial score (nSPS) is 16.0. The van der Waals surface area contributed by atoms with Crippen LogP contribution in [0.2, 0.25) is 0 Å². The third-order valence-corrected chi connectivity index (χ3v) is 1.31. The van der Waals surface area contributed by atoms with Crippen LogP contribution in [-0.4, -0.2) is 0 Å². The van der Waals surface area contributed by atoms with Crippen LogP contribution in [0.15, 0.2) is 48.6 Å². The smallest absolute Gasteiger partial charge is 0 e. The second-order valence-corrected chi connectivity index (χ2v) is 2.18. The summed E-state index contributed by atoms with van der Waals surface area (Å²) < 4.78 is 0. The van der Waals surface area contributed by atoms with E-state index >= 15 is 0 Å². The molecule has 1 heteroatoms. The van der Waals surface area contributed by atoms with Crippen molar-refractivity contribution in [3.63, 3.8) is 0 Å². The van der Waals surface area contributed by atoms with Crippen molar-refractivity contribution < 1.29 is 22.4 Å². The Hall–Kier alpha value is -0.300. The van der Waals surface area contributed by atoms with E-state index in [1.807, 2.05) is 0 Å². The Kier molecular flexibility index (Phi) is 7.59. The first kappa shape index (κ1) is 10.7. The number of hydrogen-bond acceptors (Lipinski definition) is 0. The quantitative estimate of drug-likeness (QED) is 0.600. The maximum atomic E-state index is 2.12. The van der Waals surface area contributed by atoms with Gasteiger partial charge in [0.2, 0.25) is 0 Å². The number of rotatable bonds is 0. The van der Waals surface area contributed by atoms with Crippen molar-refractivity contribution in [1.82, 2.24) is 0 Å². The van der Waals surface area contributed by atoms with Crippen LogP contribution < -0.4 is 0 Å². The number of hydrogen-bond donors (Lipinski definition) is 0. The summed E-state index contributed by atoms with van der Waals surface area (Å²) in [5, 5.41) is 0. The van der Waals surface area contributed by atoms with Gasteiger partial charge in [0.1, 0.15) is 0 Å². The van der Waals surface area contributed by atoms with Crippen LogP contribution in [0.4, 0.5) is 0 Å². The molecule has 0 saturated carbocycles. The van der Waals surface area contributed by atoms with Crippen molar-refractivity contribution in [2.45, 2.75) is 12.8 Å². The maximum absolute atomic E-state index is 2.12. The minimum Gasteiger partial charge on any atom is -0.0808 e. The molecule has 2 aliphatic rings. The van der Waals surface area contributed by atoms with Crippen LogP contribution >= 0.6 is 0 Å². The molecule has 0 spiro atoms. The van der Waals surface area contributed by atoms with Crippen LogP contribution in [0.3, 0.4) is 0 Å². The van der Waals surface area contributed by atoms with E-state index in [0.29, 0.717) is 0 Å². The molecule has 0 saturated heterocycles. The molecule has 0 bridgehead atoms. The van der Waals surface area contributed by atoms with Crippen LogP contribution in [0.1, 0.15) is 12.8 Å². The summed E-state index contributed by atoms with van der Waals surface area (Å²) >= 11 is 0. The van der Waals surface area contributed by atoms with Crippen molar-refractivity contribution in [1.29, 1.82) is 0 Å². The molecular formula is C10H12Au. The largest absolute Gasteiger partial charge is 0.0808 e. The van der Waals surface area contributed by atoms with Gasteiger partial charge in [-0.25, -0.2) is 0 Å². The van der Waals surface area contributed by atoms with Crippen molar-refractivity contribution in [2.24, 2.45) is 0 Å². The topological polar surface area (TPSA) is 0 Å². The maximum Gasteiger partial charge on any atom is 0 e. The fraction of sp³-hybridized carbons (Fsp3) is 0.200. The Labute approximate surface area is 83.9 Å². The Morgan fingerprint density at radius 2 is 0.818 bits per heavy atom. The van der Waals surface area contributed by atoms with Gasteiger partial charge in [-0.15, -0.1) is 0 Å². The molecule has 0 heterocycles. The molecule has 0 unspecified atom stereocenters. The minimum absolute atomic E-state index is 0. The Morgan fingerprint density at radius 1 is 0.545 bits per heavy atom. The summed E-state index contributed by atoms with van der Waals surface area (Å²) in [6.45, 7) is 0. The Bertz CT molecular complexity index is 143. The first-order valence-electron chi connectivity index (χ1n) is 3.63. The second-order valence-electron chi connectivity index (χ2n) is 2.18. The van der Waals surface area contributed by atoms with E-state index in [9.17, 15) is 0 Å².